The lowest BCUT2D eigenvalue weighted by Gasteiger charge is -2.18. The summed E-state index contributed by atoms with van der Waals surface area (Å²) in [5.41, 5.74) is 0. The number of carbonyl (C=O) groups excluding carboxylic acids is 3. The molecule has 0 saturated carbocycles. The summed E-state index contributed by atoms with van der Waals surface area (Å²) < 4.78 is 16.8. The van der Waals surface area contributed by atoms with Crippen molar-refractivity contribution < 1.29 is 28.6 Å². The molecule has 1 unspecified atom stereocenters. The van der Waals surface area contributed by atoms with Gasteiger partial charge in [-0.15, -0.1) is 0 Å². The van der Waals surface area contributed by atoms with Gasteiger partial charge in [0.1, 0.15) is 13.2 Å². The van der Waals surface area contributed by atoms with Crippen LogP contribution in [0.3, 0.4) is 0 Å². The Labute approximate surface area is 466 Å². The molecule has 0 N–H and O–H groups in total. The van der Waals surface area contributed by atoms with Gasteiger partial charge in [-0.2, -0.15) is 0 Å². The van der Waals surface area contributed by atoms with Crippen molar-refractivity contribution in [2.24, 2.45) is 0 Å². The van der Waals surface area contributed by atoms with E-state index in [1.54, 1.807) is 0 Å². The summed E-state index contributed by atoms with van der Waals surface area (Å²) in [7, 11) is 0. The molecule has 0 rings (SSSR count). The van der Waals surface area contributed by atoms with Crippen LogP contribution in [0.5, 0.6) is 0 Å². The van der Waals surface area contributed by atoms with Crippen LogP contribution >= 0.6 is 0 Å². The van der Waals surface area contributed by atoms with E-state index in [2.05, 4.69) is 191 Å². The summed E-state index contributed by atoms with van der Waals surface area (Å²) in [5, 5.41) is 0. The third-order valence-corrected chi connectivity index (χ3v) is 12.0. The SMILES string of the molecule is CC/C=C\C/C=C\C/C=C\C/C=C\C/C=C\C/C=C\C/C=C\CCCC(=O)OCC(COC(=O)CCCCCCCCCCCCCC)OC(=O)CCC/C=C\C/C=C\C/C=C\C/C=C\C/C=C\C/C=C\C/C=C\CC. The summed E-state index contributed by atoms with van der Waals surface area (Å²) in [4.78, 5) is 38.2. The molecular weight excluding hydrogens is 937 g/mol. The van der Waals surface area contributed by atoms with Crippen molar-refractivity contribution in [3.8, 4) is 0 Å². The lowest BCUT2D eigenvalue weighted by atomic mass is 10.0. The molecule has 0 heterocycles. The van der Waals surface area contributed by atoms with Gasteiger partial charge in [0.25, 0.3) is 0 Å². The minimum Gasteiger partial charge on any atom is -0.462 e. The zero-order chi connectivity index (χ0) is 55.0. The van der Waals surface area contributed by atoms with Crippen molar-refractivity contribution in [1.82, 2.24) is 0 Å². The van der Waals surface area contributed by atoms with E-state index in [1.165, 1.54) is 57.8 Å². The first-order valence-corrected chi connectivity index (χ1v) is 30.1. The van der Waals surface area contributed by atoms with Gasteiger partial charge >= 0.3 is 17.9 Å². The quantitative estimate of drug-likeness (QED) is 0.0261. The van der Waals surface area contributed by atoms with Crippen LogP contribution in [0.2, 0.25) is 0 Å². The third kappa shape index (κ3) is 59.6. The number of rotatable bonds is 52. The van der Waals surface area contributed by atoms with E-state index >= 15 is 0 Å². The van der Waals surface area contributed by atoms with Crippen LogP contribution in [0.1, 0.15) is 233 Å². The largest absolute Gasteiger partial charge is 0.462 e. The lowest BCUT2D eigenvalue weighted by Crippen LogP contribution is -2.30. The number of allylic oxidation sites excluding steroid dienone is 28. The smallest absolute Gasteiger partial charge is 0.306 e. The van der Waals surface area contributed by atoms with Crippen molar-refractivity contribution >= 4 is 17.9 Å². The zero-order valence-corrected chi connectivity index (χ0v) is 48.4. The number of hydrogen-bond acceptors (Lipinski definition) is 6. The molecule has 0 aliphatic heterocycles. The summed E-state index contributed by atoms with van der Waals surface area (Å²) in [6.45, 7) is 6.30. The molecule has 0 amide bonds. The number of unbranched alkanes of at least 4 members (excludes halogenated alkanes) is 13. The standard InChI is InChI=1S/C70H108O6/c1-4-7-10-13-16-19-22-25-27-29-31-33-35-37-39-41-43-45-48-51-54-57-60-63-69(72)75-66-67(65-74-68(71)62-59-56-53-50-47-24-21-18-15-12-9-6-3)76-70(73)64-61-58-55-52-49-46-44-42-40-38-36-34-32-30-28-26-23-20-17-14-11-8-5-2/h7-8,10-11,16-17,19-20,25-28,31-34,37-40,43-46,51-52,54-55,67H,4-6,9,12-15,18,21-24,29-30,35-36,41-42,47-50,53,56-66H2,1-3H3/b10-7-,11-8-,19-16-,20-17-,27-25-,28-26-,33-31-,34-32-,39-37-,40-38-,45-43-,46-44-,54-51-,55-52-. The number of ether oxygens (including phenoxy) is 3. The van der Waals surface area contributed by atoms with Gasteiger partial charge in [-0.3, -0.25) is 14.4 Å². The van der Waals surface area contributed by atoms with Crippen molar-refractivity contribution in [3.05, 3.63) is 170 Å². The van der Waals surface area contributed by atoms with Crippen LogP contribution in [0.15, 0.2) is 170 Å². The van der Waals surface area contributed by atoms with Gasteiger partial charge in [0.15, 0.2) is 6.10 Å². The summed E-state index contributed by atoms with van der Waals surface area (Å²) in [5.74, 6) is -1.06. The normalized spacial score (nSPS) is 13.4. The maximum absolute atomic E-state index is 12.9. The Morgan fingerprint density at radius 2 is 0.513 bits per heavy atom. The molecule has 0 spiro atoms. The molecule has 0 aromatic heterocycles. The monoisotopic (exact) mass is 1040 g/mol. The topological polar surface area (TPSA) is 78.9 Å². The maximum Gasteiger partial charge on any atom is 0.306 e. The van der Waals surface area contributed by atoms with E-state index in [1.807, 2.05) is 0 Å². The number of esters is 3. The Morgan fingerprint density at radius 3 is 0.803 bits per heavy atom. The second-order valence-electron chi connectivity index (χ2n) is 19.1. The maximum atomic E-state index is 12.9. The second-order valence-corrected chi connectivity index (χ2v) is 19.1. The Kier molecular flexibility index (Phi) is 58.0. The first kappa shape index (κ1) is 70.8. The molecule has 424 valence electrons. The fourth-order valence-corrected chi connectivity index (χ4v) is 7.54. The van der Waals surface area contributed by atoms with E-state index in [-0.39, 0.29) is 44.0 Å². The van der Waals surface area contributed by atoms with E-state index in [9.17, 15) is 14.4 Å². The third-order valence-electron chi connectivity index (χ3n) is 12.0. The molecule has 1 atom stereocenters. The van der Waals surface area contributed by atoms with Gasteiger partial charge in [0, 0.05) is 19.3 Å². The zero-order valence-electron chi connectivity index (χ0n) is 48.4. The van der Waals surface area contributed by atoms with Gasteiger partial charge in [-0.25, -0.2) is 0 Å². The average Bonchev–Trinajstić information content (AvgIpc) is 3.42. The molecule has 0 aliphatic carbocycles. The van der Waals surface area contributed by atoms with Gasteiger partial charge < -0.3 is 14.2 Å². The van der Waals surface area contributed by atoms with Gasteiger partial charge in [-0.05, 0) is 122 Å². The fourth-order valence-electron chi connectivity index (χ4n) is 7.54. The molecule has 6 nitrogen and oxygen atoms in total. The highest BCUT2D eigenvalue weighted by Gasteiger charge is 2.19. The molecule has 0 fully saturated rings. The summed E-state index contributed by atoms with van der Waals surface area (Å²) in [6, 6.07) is 0. The van der Waals surface area contributed by atoms with E-state index in [4.69, 9.17) is 14.2 Å². The number of hydrogen-bond donors (Lipinski definition) is 0. The summed E-state index contributed by atoms with van der Waals surface area (Å²) >= 11 is 0. The molecule has 0 saturated heterocycles. The fraction of sp³-hybridized carbons (Fsp3) is 0.557. The first-order valence-electron chi connectivity index (χ1n) is 30.1. The minimum absolute atomic E-state index is 0.126. The molecule has 6 heteroatoms. The van der Waals surface area contributed by atoms with Crippen molar-refractivity contribution in [1.29, 1.82) is 0 Å². The van der Waals surface area contributed by atoms with Crippen LogP contribution in [0, 0.1) is 0 Å². The Morgan fingerprint density at radius 1 is 0.276 bits per heavy atom. The highest BCUT2D eigenvalue weighted by atomic mass is 16.6. The molecule has 0 radical (unpaired) electrons. The highest BCUT2D eigenvalue weighted by Crippen LogP contribution is 2.14. The van der Waals surface area contributed by atoms with Gasteiger partial charge in [0.2, 0.25) is 0 Å². The Hall–Kier alpha value is -5.23. The van der Waals surface area contributed by atoms with E-state index in [0.717, 1.165) is 122 Å². The second kappa shape index (κ2) is 62.3. The highest BCUT2D eigenvalue weighted by molar-refractivity contribution is 5.71. The van der Waals surface area contributed by atoms with Crippen LogP contribution < -0.4 is 0 Å². The van der Waals surface area contributed by atoms with E-state index in [0.29, 0.717) is 19.3 Å². The molecule has 76 heavy (non-hydrogen) atoms. The van der Waals surface area contributed by atoms with Crippen LogP contribution in [-0.4, -0.2) is 37.2 Å². The van der Waals surface area contributed by atoms with E-state index < -0.39 is 6.10 Å². The Bertz CT molecular complexity index is 1770. The van der Waals surface area contributed by atoms with Crippen molar-refractivity contribution in [3.63, 3.8) is 0 Å². The first-order chi connectivity index (χ1) is 37.5. The molecular formula is C70H108O6. The van der Waals surface area contributed by atoms with Crippen LogP contribution in [0.4, 0.5) is 0 Å². The molecule has 0 bridgehead atoms. The predicted molar refractivity (Wildman–Crippen MR) is 329 cm³/mol. The van der Waals surface area contributed by atoms with Crippen LogP contribution in [-0.2, 0) is 28.6 Å². The van der Waals surface area contributed by atoms with Crippen molar-refractivity contribution in [2.45, 2.75) is 239 Å². The van der Waals surface area contributed by atoms with Gasteiger partial charge in [0.05, 0.1) is 0 Å². The molecule has 0 aromatic carbocycles. The van der Waals surface area contributed by atoms with Crippen LogP contribution in [0.25, 0.3) is 0 Å². The average molecular weight is 1050 g/mol. The number of carbonyl (C=O) groups is 3. The summed E-state index contributed by atoms with van der Waals surface area (Å²) in [6.07, 6.45) is 92.1. The van der Waals surface area contributed by atoms with Gasteiger partial charge in [-0.1, -0.05) is 262 Å². The Balaban J connectivity index is 4.58. The minimum atomic E-state index is -0.840. The lowest BCUT2D eigenvalue weighted by molar-refractivity contribution is -0.167. The van der Waals surface area contributed by atoms with Crippen molar-refractivity contribution in [2.75, 3.05) is 13.2 Å². The predicted octanol–water partition coefficient (Wildman–Crippen LogP) is 20.7. The molecule has 0 aromatic rings. The molecule has 0 aliphatic rings.